The van der Waals surface area contributed by atoms with Gasteiger partial charge in [0.15, 0.2) is 5.13 Å². The van der Waals surface area contributed by atoms with Gasteiger partial charge in [0.05, 0.1) is 15.3 Å². The highest BCUT2D eigenvalue weighted by Gasteiger charge is 2.13. The van der Waals surface area contributed by atoms with Gasteiger partial charge >= 0.3 is 0 Å². The number of anilines is 1. The summed E-state index contributed by atoms with van der Waals surface area (Å²) in [5.74, 6) is -0.162. The second-order valence-electron chi connectivity index (χ2n) is 4.04. The maximum atomic E-state index is 12.2. The Morgan fingerprint density at radius 3 is 2.75 bits per heavy atom. The van der Waals surface area contributed by atoms with Crippen LogP contribution in [0.2, 0.25) is 5.02 Å². The number of carbonyl (C=O) groups excluding carboxylic acids is 1. The van der Waals surface area contributed by atoms with Gasteiger partial charge in [0.25, 0.3) is 5.91 Å². The summed E-state index contributed by atoms with van der Waals surface area (Å²) in [6, 6.07) is 13.0. The van der Waals surface area contributed by atoms with Crippen LogP contribution in [0.1, 0.15) is 10.4 Å². The summed E-state index contributed by atoms with van der Waals surface area (Å²) in [5.41, 5.74) is 1.36. The Bertz CT molecular complexity index is 803. The number of thiazole rings is 1. The van der Waals surface area contributed by atoms with Crippen molar-refractivity contribution in [1.82, 2.24) is 4.98 Å². The van der Waals surface area contributed by atoms with Crippen molar-refractivity contribution in [2.24, 2.45) is 0 Å². The lowest BCUT2D eigenvalue weighted by atomic mass is 10.2. The second kappa shape index (κ2) is 5.67. The minimum atomic E-state index is -0.162. The molecular formula is C14H8ClIN2OS. The molecule has 0 atom stereocenters. The van der Waals surface area contributed by atoms with E-state index in [1.165, 1.54) is 11.3 Å². The lowest BCUT2D eigenvalue weighted by Crippen LogP contribution is -2.12. The smallest absolute Gasteiger partial charge is 0.258 e. The largest absolute Gasteiger partial charge is 0.298 e. The number of para-hydroxylation sites is 1. The van der Waals surface area contributed by atoms with E-state index in [-0.39, 0.29) is 5.91 Å². The van der Waals surface area contributed by atoms with Crippen LogP contribution in [0.4, 0.5) is 5.13 Å². The average molecular weight is 415 g/mol. The normalized spacial score (nSPS) is 10.7. The van der Waals surface area contributed by atoms with Gasteiger partial charge < -0.3 is 0 Å². The lowest BCUT2D eigenvalue weighted by molar-refractivity contribution is 0.102. The molecule has 0 saturated heterocycles. The number of hydrogen-bond donors (Lipinski definition) is 1. The zero-order valence-electron chi connectivity index (χ0n) is 10.1. The van der Waals surface area contributed by atoms with Crippen molar-refractivity contribution in [2.75, 3.05) is 5.32 Å². The zero-order chi connectivity index (χ0) is 14.1. The first-order valence-corrected chi connectivity index (χ1v) is 8.03. The standard InChI is InChI=1S/C14H8ClIN2OS/c15-9-5-3-7-11-12(9)17-14(20-11)18-13(19)8-4-1-2-6-10(8)16/h1-7H,(H,17,18,19). The molecular weight excluding hydrogens is 407 g/mol. The molecule has 1 N–H and O–H groups in total. The third-order valence-corrected chi connectivity index (χ3v) is 4.89. The molecule has 1 amide bonds. The summed E-state index contributed by atoms with van der Waals surface area (Å²) in [6.45, 7) is 0. The zero-order valence-corrected chi connectivity index (χ0v) is 13.8. The molecule has 3 rings (SSSR count). The van der Waals surface area contributed by atoms with Crippen LogP contribution < -0.4 is 5.32 Å². The summed E-state index contributed by atoms with van der Waals surface area (Å²) in [7, 11) is 0. The Hall–Kier alpha value is -1.18. The van der Waals surface area contributed by atoms with Crippen LogP contribution in [-0.4, -0.2) is 10.9 Å². The third-order valence-electron chi connectivity index (χ3n) is 2.71. The van der Waals surface area contributed by atoms with E-state index in [0.717, 1.165) is 13.8 Å². The molecule has 0 aliphatic carbocycles. The molecule has 0 aliphatic rings. The highest BCUT2D eigenvalue weighted by atomic mass is 127. The van der Waals surface area contributed by atoms with Gasteiger partial charge in [-0.2, -0.15) is 0 Å². The number of carbonyl (C=O) groups is 1. The van der Waals surface area contributed by atoms with E-state index in [4.69, 9.17) is 11.6 Å². The summed E-state index contributed by atoms with van der Waals surface area (Å²) < 4.78 is 1.86. The van der Waals surface area contributed by atoms with Gasteiger partial charge in [-0.15, -0.1) is 0 Å². The highest BCUT2D eigenvalue weighted by Crippen LogP contribution is 2.30. The van der Waals surface area contributed by atoms with Gasteiger partial charge in [0.2, 0.25) is 0 Å². The Labute approximate surface area is 138 Å². The molecule has 0 aliphatic heterocycles. The van der Waals surface area contributed by atoms with Gasteiger partial charge in [-0.25, -0.2) is 4.98 Å². The number of aromatic nitrogens is 1. The molecule has 100 valence electrons. The van der Waals surface area contributed by atoms with Gasteiger partial charge in [-0.3, -0.25) is 10.1 Å². The molecule has 1 heterocycles. The summed E-state index contributed by atoms with van der Waals surface area (Å²) in [4.78, 5) is 16.6. The second-order valence-corrected chi connectivity index (χ2v) is 6.64. The van der Waals surface area contributed by atoms with Crippen LogP contribution >= 0.6 is 45.5 Å². The Balaban J connectivity index is 1.92. The topological polar surface area (TPSA) is 42.0 Å². The molecule has 0 spiro atoms. The lowest BCUT2D eigenvalue weighted by Gasteiger charge is -2.03. The van der Waals surface area contributed by atoms with E-state index in [1.807, 2.05) is 30.3 Å². The van der Waals surface area contributed by atoms with Crippen LogP contribution in [0.5, 0.6) is 0 Å². The van der Waals surface area contributed by atoms with Crippen molar-refractivity contribution < 1.29 is 4.79 Å². The summed E-state index contributed by atoms with van der Waals surface area (Å²) in [5, 5.41) is 3.97. The van der Waals surface area contributed by atoms with Crippen LogP contribution in [0.3, 0.4) is 0 Å². The Kier molecular flexibility index (Phi) is 3.91. The fourth-order valence-electron chi connectivity index (χ4n) is 1.78. The fraction of sp³-hybridized carbons (Fsp3) is 0. The molecule has 0 radical (unpaired) electrons. The minimum Gasteiger partial charge on any atom is -0.298 e. The predicted octanol–water partition coefficient (Wildman–Crippen LogP) is 4.81. The van der Waals surface area contributed by atoms with Gasteiger partial charge in [-0.1, -0.05) is 41.1 Å². The first-order valence-electron chi connectivity index (χ1n) is 5.76. The van der Waals surface area contributed by atoms with E-state index in [2.05, 4.69) is 32.9 Å². The van der Waals surface area contributed by atoms with Crippen molar-refractivity contribution in [2.45, 2.75) is 0 Å². The first-order chi connectivity index (χ1) is 9.65. The minimum absolute atomic E-state index is 0.162. The van der Waals surface area contributed by atoms with E-state index in [9.17, 15) is 4.79 Å². The van der Waals surface area contributed by atoms with E-state index < -0.39 is 0 Å². The van der Waals surface area contributed by atoms with Gasteiger partial charge in [-0.05, 0) is 46.9 Å². The number of nitrogens with zero attached hydrogens (tertiary/aromatic N) is 1. The number of benzene rings is 2. The van der Waals surface area contributed by atoms with Gasteiger partial charge in [0, 0.05) is 3.57 Å². The predicted molar refractivity (Wildman–Crippen MR) is 91.7 cm³/mol. The maximum Gasteiger partial charge on any atom is 0.258 e. The Morgan fingerprint density at radius 2 is 2.00 bits per heavy atom. The quantitative estimate of drug-likeness (QED) is 0.612. The number of fused-ring (bicyclic) bond motifs is 1. The van der Waals surface area contributed by atoms with Crippen molar-refractivity contribution in [3.8, 4) is 0 Å². The molecule has 20 heavy (non-hydrogen) atoms. The third kappa shape index (κ3) is 2.65. The van der Waals surface area contributed by atoms with Gasteiger partial charge in [0.1, 0.15) is 5.52 Å². The molecule has 0 bridgehead atoms. The van der Waals surface area contributed by atoms with E-state index in [1.54, 1.807) is 12.1 Å². The molecule has 0 saturated carbocycles. The number of rotatable bonds is 2. The van der Waals surface area contributed by atoms with Crippen LogP contribution in [0.25, 0.3) is 10.2 Å². The van der Waals surface area contributed by atoms with Crippen LogP contribution in [0.15, 0.2) is 42.5 Å². The fourth-order valence-corrected chi connectivity index (χ4v) is 3.57. The molecule has 1 aromatic heterocycles. The van der Waals surface area contributed by atoms with E-state index in [0.29, 0.717) is 15.7 Å². The number of nitrogens with one attached hydrogen (secondary N) is 1. The van der Waals surface area contributed by atoms with Crippen molar-refractivity contribution in [1.29, 1.82) is 0 Å². The summed E-state index contributed by atoms with van der Waals surface area (Å²) in [6.07, 6.45) is 0. The monoisotopic (exact) mass is 414 g/mol. The first kappa shape index (κ1) is 13.8. The highest BCUT2D eigenvalue weighted by molar-refractivity contribution is 14.1. The van der Waals surface area contributed by atoms with Crippen molar-refractivity contribution in [3.63, 3.8) is 0 Å². The van der Waals surface area contributed by atoms with Crippen molar-refractivity contribution in [3.05, 3.63) is 56.6 Å². The molecule has 3 nitrogen and oxygen atoms in total. The van der Waals surface area contributed by atoms with E-state index >= 15 is 0 Å². The van der Waals surface area contributed by atoms with Crippen LogP contribution in [0, 0.1) is 3.57 Å². The molecule has 3 aromatic rings. The number of hydrogen-bond acceptors (Lipinski definition) is 3. The number of halogens is 2. The average Bonchev–Trinajstić information content (AvgIpc) is 2.83. The molecule has 2 aromatic carbocycles. The molecule has 0 fully saturated rings. The maximum absolute atomic E-state index is 12.2. The number of amides is 1. The Morgan fingerprint density at radius 1 is 1.20 bits per heavy atom. The molecule has 0 unspecified atom stereocenters. The van der Waals surface area contributed by atoms with Crippen LogP contribution in [-0.2, 0) is 0 Å². The summed E-state index contributed by atoms with van der Waals surface area (Å²) >= 11 is 9.63. The molecule has 6 heteroatoms. The van der Waals surface area contributed by atoms with Crippen molar-refractivity contribution >= 4 is 66.8 Å². The SMILES string of the molecule is O=C(Nc1nc2c(Cl)cccc2s1)c1ccccc1I.